The number of aliphatic hydroxyl groups excluding tert-OH is 1. The van der Waals surface area contributed by atoms with Crippen molar-refractivity contribution >= 4 is 11.3 Å². The van der Waals surface area contributed by atoms with Gasteiger partial charge in [0.1, 0.15) is 0 Å². The van der Waals surface area contributed by atoms with Crippen molar-refractivity contribution in [2.24, 2.45) is 0 Å². The maximum Gasteiger partial charge on any atom is 0.0960 e. The number of para-hydroxylation sites is 1. The maximum absolute atomic E-state index is 10.3. The summed E-state index contributed by atoms with van der Waals surface area (Å²) in [4.78, 5) is 5.68. The van der Waals surface area contributed by atoms with Gasteiger partial charge in [-0.05, 0) is 26.0 Å². The van der Waals surface area contributed by atoms with Crippen molar-refractivity contribution in [3.05, 3.63) is 63.9 Å². The number of aryl methyl sites for hydroxylation is 2. The molecule has 0 aliphatic carbocycles. The largest absolute Gasteiger partial charge is 0.388 e. The molecular formula is C16H17N3OS. The van der Waals surface area contributed by atoms with Crippen molar-refractivity contribution in [2.45, 2.75) is 26.4 Å². The molecule has 4 nitrogen and oxygen atoms in total. The zero-order valence-corrected chi connectivity index (χ0v) is 12.8. The first kappa shape index (κ1) is 14.0. The predicted molar refractivity (Wildman–Crippen MR) is 83.8 cm³/mol. The van der Waals surface area contributed by atoms with Crippen LogP contribution in [0.1, 0.15) is 27.2 Å². The Hall–Kier alpha value is -1.98. The Morgan fingerprint density at radius 3 is 2.67 bits per heavy atom. The Labute approximate surface area is 127 Å². The third-order valence-electron chi connectivity index (χ3n) is 3.45. The second-order valence-corrected chi connectivity index (χ2v) is 6.31. The van der Waals surface area contributed by atoms with Crippen LogP contribution in [0.15, 0.2) is 42.7 Å². The molecule has 5 heteroatoms. The summed E-state index contributed by atoms with van der Waals surface area (Å²) in [5.41, 5.74) is 2.84. The van der Waals surface area contributed by atoms with Gasteiger partial charge in [0.2, 0.25) is 0 Å². The highest BCUT2D eigenvalue weighted by Gasteiger charge is 2.14. The summed E-state index contributed by atoms with van der Waals surface area (Å²) < 4.78 is 1.77. The number of nitrogens with zero attached hydrogens (tertiary/aromatic N) is 3. The van der Waals surface area contributed by atoms with E-state index in [9.17, 15) is 5.11 Å². The summed E-state index contributed by atoms with van der Waals surface area (Å²) in [6, 6.07) is 9.87. The molecule has 1 atom stereocenters. The van der Waals surface area contributed by atoms with Crippen molar-refractivity contribution in [3.63, 3.8) is 0 Å². The zero-order valence-electron chi connectivity index (χ0n) is 12.0. The summed E-state index contributed by atoms with van der Waals surface area (Å²) in [6.07, 6.45) is 3.53. The molecule has 0 saturated heterocycles. The quantitative estimate of drug-likeness (QED) is 0.804. The predicted octanol–water partition coefficient (Wildman–Crippen LogP) is 3.22. The van der Waals surface area contributed by atoms with Gasteiger partial charge in [-0.25, -0.2) is 9.67 Å². The van der Waals surface area contributed by atoms with Gasteiger partial charge in [0.25, 0.3) is 0 Å². The molecule has 0 bridgehead atoms. The normalized spacial score (nSPS) is 12.5. The average Bonchev–Trinajstić information content (AvgIpc) is 3.08. The summed E-state index contributed by atoms with van der Waals surface area (Å²) >= 11 is 1.64. The van der Waals surface area contributed by atoms with E-state index in [2.05, 4.69) is 17.0 Å². The van der Waals surface area contributed by atoms with E-state index in [1.165, 1.54) is 4.88 Å². The van der Waals surface area contributed by atoms with Crippen LogP contribution in [0, 0.1) is 13.8 Å². The molecule has 1 aromatic carbocycles. The van der Waals surface area contributed by atoms with Crippen LogP contribution in [-0.2, 0) is 6.42 Å². The lowest BCUT2D eigenvalue weighted by Gasteiger charge is -2.05. The fourth-order valence-electron chi connectivity index (χ4n) is 2.14. The second kappa shape index (κ2) is 5.79. The zero-order chi connectivity index (χ0) is 14.8. The number of aliphatic hydroxyl groups is 1. The van der Waals surface area contributed by atoms with Crippen LogP contribution >= 0.6 is 11.3 Å². The monoisotopic (exact) mass is 299 g/mol. The van der Waals surface area contributed by atoms with Gasteiger partial charge in [-0.15, -0.1) is 11.3 Å². The Bertz CT molecular complexity index is 714. The van der Waals surface area contributed by atoms with Gasteiger partial charge in [0.05, 0.1) is 28.7 Å². The minimum absolute atomic E-state index is 0.528. The van der Waals surface area contributed by atoms with Crippen LogP contribution in [0.2, 0.25) is 0 Å². The van der Waals surface area contributed by atoms with Gasteiger partial charge in [-0.2, -0.15) is 5.10 Å². The smallest absolute Gasteiger partial charge is 0.0960 e. The van der Waals surface area contributed by atoms with Crippen molar-refractivity contribution < 1.29 is 5.11 Å². The van der Waals surface area contributed by atoms with E-state index >= 15 is 0 Å². The molecule has 0 aliphatic rings. The lowest BCUT2D eigenvalue weighted by molar-refractivity contribution is 0.178. The molecule has 2 aromatic heterocycles. The first-order chi connectivity index (χ1) is 10.1. The summed E-state index contributed by atoms with van der Waals surface area (Å²) in [5.74, 6) is 0. The molecule has 2 heterocycles. The van der Waals surface area contributed by atoms with E-state index in [1.54, 1.807) is 22.2 Å². The minimum atomic E-state index is -0.576. The topological polar surface area (TPSA) is 50.9 Å². The number of hydrogen-bond donors (Lipinski definition) is 1. The first-order valence-corrected chi connectivity index (χ1v) is 7.66. The molecule has 0 amide bonds. The number of thiazole rings is 1. The molecule has 0 spiro atoms. The molecule has 3 aromatic rings. The minimum Gasteiger partial charge on any atom is -0.388 e. The Balaban J connectivity index is 1.76. The SMILES string of the molecule is Cc1nc(CC(O)c2cnn(-c3ccccc3)c2)sc1C. The van der Waals surface area contributed by atoms with Crippen LogP contribution in [0.3, 0.4) is 0 Å². The van der Waals surface area contributed by atoms with Gasteiger partial charge in [0, 0.05) is 23.1 Å². The van der Waals surface area contributed by atoms with E-state index in [1.807, 2.05) is 43.5 Å². The summed E-state index contributed by atoms with van der Waals surface area (Å²) in [6.45, 7) is 4.05. The Morgan fingerprint density at radius 1 is 1.24 bits per heavy atom. The Morgan fingerprint density at radius 2 is 2.00 bits per heavy atom. The van der Waals surface area contributed by atoms with Gasteiger partial charge < -0.3 is 5.11 Å². The molecule has 1 N–H and O–H groups in total. The third kappa shape index (κ3) is 3.04. The molecule has 0 radical (unpaired) electrons. The molecule has 1 unspecified atom stereocenters. The Kier molecular flexibility index (Phi) is 3.86. The van der Waals surface area contributed by atoms with E-state index in [4.69, 9.17) is 0 Å². The summed E-state index contributed by atoms with van der Waals surface area (Å²) in [5, 5.41) is 15.6. The number of hydrogen-bond acceptors (Lipinski definition) is 4. The molecule has 21 heavy (non-hydrogen) atoms. The maximum atomic E-state index is 10.3. The van der Waals surface area contributed by atoms with Crippen LogP contribution in [0.5, 0.6) is 0 Å². The van der Waals surface area contributed by atoms with Crippen LogP contribution in [0.4, 0.5) is 0 Å². The fourth-order valence-corrected chi connectivity index (χ4v) is 3.11. The first-order valence-electron chi connectivity index (χ1n) is 6.84. The van der Waals surface area contributed by atoms with Gasteiger partial charge in [-0.1, -0.05) is 18.2 Å². The van der Waals surface area contributed by atoms with Crippen molar-refractivity contribution in [1.82, 2.24) is 14.8 Å². The third-order valence-corrected chi connectivity index (χ3v) is 4.54. The average molecular weight is 299 g/mol. The number of rotatable bonds is 4. The molecular weight excluding hydrogens is 282 g/mol. The van der Waals surface area contributed by atoms with Gasteiger partial charge in [0.15, 0.2) is 0 Å². The molecule has 0 aliphatic heterocycles. The van der Waals surface area contributed by atoms with Crippen molar-refractivity contribution in [1.29, 1.82) is 0 Å². The van der Waals surface area contributed by atoms with Crippen LogP contribution in [-0.4, -0.2) is 19.9 Å². The van der Waals surface area contributed by atoms with E-state index in [0.29, 0.717) is 6.42 Å². The lowest BCUT2D eigenvalue weighted by Crippen LogP contribution is -2.00. The highest BCUT2D eigenvalue weighted by Crippen LogP contribution is 2.23. The fraction of sp³-hybridized carbons (Fsp3) is 0.250. The van der Waals surface area contributed by atoms with Crippen LogP contribution < -0.4 is 0 Å². The molecule has 3 rings (SSSR count). The van der Waals surface area contributed by atoms with E-state index < -0.39 is 6.10 Å². The molecule has 108 valence electrons. The molecule has 0 fully saturated rings. The number of aromatic nitrogens is 3. The lowest BCUT2D eigenvalue weighted by atomic mass is 10.1. The number of benzene rings is 1. The highest BCUT2D eigenvalue weighted by atomic mass is 32.1. The van der Waals surface area contributed by atoms with E-state index in [-0.39, 0.29) is 0 Å². The van der Waals surface area contributed by atoms with Gasteiger partial charge >= 0.3 is 0 Å². The standard InChI is InChI=1S/C16H17N3OS/c1-11-12(2)21-16(18-11)8-15(20)13-9-17-19(10-13)14-6-4-3-5-7-14/h3-7,9-10,15,20H,8H2,1-2H3. The van der Waals surface area contributed by atoms with E-state index in [0.717, 1.165) is 22.0 Å². The van der Waals surface area contributed by atoms with Crippen LogP contribution in [0.25, 0.3) is 5.69 Å². The highest BCUT2D eigenvalue weighted by molar-refractivity contribution is 7.11. The van der Waals surface area contributed by atoms with Crippen molar-refractivity contribution in [3.8, 4) is 5.69 Å². The van der Waals surface area contributed by atoms with Crippen molar-refractivity contribution in [2.75, 3.05) is 0 Å². The van der Waals surface area contributed by atoms with Gasteiger partial charge in [-0.3, -0.25) is 0 Å². The summed E-state index contributed by atoms with van der Waals surface area (Å²) in [7, 11) is 0. The second-order valence-electron chi connectivity index (χ2n) is 5.02. The molecule has 0 saturated carbocycles.